The van der Waals surface area contributed by atoms with Gasteiger partial charge in [-0.1, -0.05) is 41.6 Å². The van der Waals surface area contributed by atoms with Gasteiger partial charge in [0.05, 0.1) is 18.0 Å². The number of nitrogens with one attached hydrogen (secondary N) is 1. The number of rotatable bonds is 9. The summed E-state index contributed by atoms with van der Waals surface area (Å²) < 4.78 is 6.76. The number of hydrogen-bond donors (Lipinski definition) is 1. The predicted octanol–water partition coefficient (Wildman–Crippen LogP) is 2.57. The van der Waals surface area contributed by atoms with Crippen molar-refractivity contribution in [3.05, 3.63) is 57.9 Å². The quantitative estimate of drug-likeness (QED) is 0.425. The van der Waals surface area contributed by atoms with Gasteiger partial charge < -0.3 is 10.1 Å². The zero-order valence-corrected chi connectivity index (χ0v) is 19.7. The molecule has 1 aliphatic rings. The summed E-state index contributed by atoms with van der Waals surface area (Å²) in [5, 5.41) is 7.35. The van der Waals surface area contributed by atoms with E-state index in [0.717, 1.165) is 39.2 Å². The van der Waals surface area contributed by atoms with Crippen molar-refractivity contribution >= 4 is 52.5 Å². The summed E-state index contributed by atoms with van der Waals surface area (Å²) in [5.41, 5.74) is 3.31. The third-order valence-corrected chi connectivity index (χ3v) is 6.17. The minimum atomic E-state index is -0.677. The molecule has 2 heterocycles. The normalized spacial score (nSPS) is 13.7. The van der Waals surface area contributed by atoms with Crippen LogP contribution in [0.3, 0.4) is 0 Å². The Bertz CT molecular complexity index is 1100. The molecular weight excluding hydrogens is 468 g/mol. The van der Waals surface area contributed by atoms with E-state index in [1.54, 1.807) is 6.08 Å². The molecule has 0 spiro atoms. The number of benzene rings is 1. The maximum atomic E-state index is 12.0. The Balaban J connectivity index is 1.47. The summed E-state index contributed by atoms with van der Waals surface area (Å²) in [6, 6.07) is 7.52. The molecule has 3 rings (SSSR count). The third-order valence-electron chi connectivity index (χ3n) is 4.95. The van der Waals surface area contributed by atoms with Gasteiger partial charge in [-0.05, 0) is 31.6 Å². The van der Waals surface area contributed by atoms with Crippen molar-refractivity contribution in [3.8, 4) is 0 Å². The number of aryl methyl sites for hydroxylation is 1. The molecule has 11 heteroatoms. The molecule has 0 unspecified atom stereocenters. The molecule has 3 amide bonds. The first-order valence-corrected chi connectivity index (χ1v) is 11.5. The zero-order chi connectivity index (χ0) is 24.0. The molecule has 1 saturated heterocycles. The smallest absolute Gasteiger partial charge is 0.331 e. The van der Waals surface area contributed by atoms with Gasteiger partial charge >= 0.3 is 5.97 Å². The van der Waals surface area contributed by atoms with Crippen LogP contribution in [0.15, 0.2) is 30.3 Å². The Labute approximate surface area is 200 Å². The van der Waals surface area contributed by atoms with Crippen LogP contribution in [0.4, 0.5) is 4.79 Å². The minimum Gasteiger partial charge on any atom is -0.452 e. The highest BCUT2D eigenvalue weighted by Crippen LogP contribution is 2.20. The van der Waals surface area contributed by atoms with Gasteiger partial charge in [0.15, 0.2) is 6.61 Å². The third kappa shape index (κ3) is 6.45. The van der Waals surface area contributed by atoms with Crippen LogP contribution in [0.25, 0.3) is 6.08 Å². The number of ether oxygens (including phenoxy) is 1. The lowest BCUT2D eigenvalue weighted by molar-refractivity contribution is -0.143. The van der Waals surface area contributed by atoms with Crippen LogP contribution in [-0.2, 0) is 25.7 Å². The van der Waals surface area contributed by atoms with E-state index in [9.17, 15) is 19.2 Å². The summed E-state index contributed by atoms with van der Waals surface area (Å²) in [5.74, 6) is -1.36. The van der Waals surface area contributed by atoms with E-state index < -0.39 is 18.5 Å². The number of carbonyl (C=O) groups is 4. The number of nitrogens with zero attached hydrogens (tertiary/aromatic N) is 3. The lowest BCUT2D eigenvalue weighted by Gasteiger charge is -2.12. The van der Waals surface area contributed by atoms with E-state index in [1.165, 1.54) is 6.08 Å². The number of carbonyl (C=O) groups excluding carboxylic acids is 4. The molecule has 0 aliphatic carbocycles. The Morgan fingerprint density at radius 3 is 2.73 bits per heavy atom. The van der Waals surface area contributed by atoms with Gasteiger partial charge in [-0.3, -0.25) is 24.0 Å². The van der Waals surface area contributed by atoms with E-state index in [0.29, 0.717) is 11.6 Å². The second-order valence-electron chi connectivity index (χ2n) is 7.22. The average Bonchev–Trinajstić information content (AvgIpc) is 3.24. The number of halogens is 1. The molecule has 2 aromatic rings. The van der Waals surface area contributed by atoms with Gasteiger partial charge in [0.25, 0.3) is 11.1 Å². The van der Waals surface area contributed by atoms with Crippen LogP contribution in [-0.4, -0.2) is 63.2 Å². The zero-order valence-electron chi connectivity index (χ0n) is 18.2. The van der Waals surface area contributed by atoms with Crippen LogP contribution in [0.1, 0.15) is 22.5 Å². The van der Waals surface area contributed by atoms with Crippen molar-refractivity contribution in [2.75, 3.05) is 25.4 Å². The molecule has 1 aliphatic heterocycles. The molecule has 1 N–H and O–H groups in total. The fraction of sp³-hybridized carbons (Fsp3) is 0.318. The molecule has 33 heavy (non-hydrogen) atoms. The number of aromatic nitrogens is 2. The molecule has 0 saturated carbocycles. The van der Waals surface area contributed by atoms with Gasteiger partial charge in [-0.2, -0.15) is 5.10 Å². The van der Waals surface area contributed by atoms with Crippen LogP contribution < -0.4 is 5.32 Å². The maximum absolute atomic E-state index is 12.0. The Hall–Kier alpha value is -3.11. The first kappa shape index (κ1) is 24.5. The molecular formula is C22H23ClN4O5S. The molecule has 1 fully saturated rings. The highest BCUT2D eigenvalue weighted by molar-refractivity contribution is 8.14. The second kappa shape index (κ2) is 11.2. The van der Waals surface area contributed by atoms with Gasteiger partial charge in [-0.15, -0.1) is 0 Å². The Morgan fingerprint density at radius 1 is 1.27 bits per heavy atom. The van der Waals surface area contributed by atoms with Crippen molar-refractivity contribution in [3.63, 3.8) is 0 Å². The van der Waals surface area contributed by atoms with Crippen molar-refractivity contribution in [1.29, 1.82) is 0 Å². The topological polar surface area (TPSA) is 111 Å². The predicted molar refractivity (Wildman–Crippen MR) is 125 cm³/mol. The standard InChI is InChI=1S/C22H23ClN4O5S/c1-14-17(15(2)27(25-14)11-16-5-3-4-6-18(16)23)7-8-21(30)32-12-19(28)24-9-10-26-20(29)13-33-22(26)31/h3-8H,9-13H2,1-2H3,(H,24,28)/b8-7+. The van der Waals surface area contributed by atoms with Crippen molar-refractivity contribution in [2.24, 2.45) is 0 Å². The van der Waals surface area contributed by atoms with Crippen LogP contribution in [0.5, 0.6) is 0 Å². The summed E-state index contributed by atoms with van der Waals surface area (Å²) in [6.45, 7) is 3.93. The van der Waals surface area contributed by atoms with Gasteiger partial charge in [-0.25, -0.2) is 4.79 Å². The van der Waals surface area contributed by atoms with E-state index in [-0.39, 0.29) is 30.0 Å². The van der Waals surface area contributed by atoms with E-state index in [2.05, 4.69) is 10.4 Å². The van der Waals surface area contributed by atoms with Gasteiger partial charge in [0.2, 0.25) is 5.91 Å². The van der Waals surface area contributed by atoms with Crippen LogP contribution >= 0.6 is 23.4 Å². The Morgan fingerprint density at radius 2 is 2.03 bits per heavy atom. The highest BCUT2D eigenvalue weighted by Gasteiger charge is 2.29. The summed E-state index contributed by atoms with van der Waals surface area (Å²) >= 11 is 7.16. The molecule has 9 nitrogen and oxygen atoms in total. The van der Waals surface area contributed by atoms with Crippen molar-refractivity contribution in [1.82, 2.24) is 20.0 Å². The molecule has 174 valence electrons. The van der Waals surface area contributed by atoms with Gasteiger partial charge in [0.1, 0.15) is 0 Å². The fourth-order valence-corrected chi connectivity index (χ4v) is 4.13. The van der Waals surface area contributed by atoms with E-state index >= 15 is 0 Å². The number of imide groups is 1. The number of hydrogen-bond acceptors (Lipinski definition) is 7. The molecule has 0 bridgehead atoms. The maximum Gasteiger partial charge on any atom is 0.331 e. The number of thioether (sulfide) groups is 1. The molecule has 1 aromatic heterocycles. The first-order valence-electron chi connectivity index (χ1n) is 10.1. The monoisotopic (exact) mass is 490 g/mol. The SMILES string of the molecule is Cc1nn(Cc2ccccc2Cl)c(C)c1/C=C/C(=O)OCC(=O)NCCN1C(=O)CSC1=O. The average molecular weight is 491 g/mol. The number of amides is 3. The van der Waals surface area contributed by atoms with Crippen LogP contribution in [0, 0.1) is 13.8 Å². The Kier molecular flexibility index (Phi) is 8.29. The van der Waals surface area contributed by atoms with Crippen LogP contribution in [0.2, 0.25) is 5.02 Å². The summed E-state index contributed by atoms with van der Waals surface area (Å²) in [7, 11) is 0. The molecule has 1 aromatic carbocycles. The van der Waals surface area contributed by atoms with Gasteiger partial charge in [0, 0.05) is 35.4 Å². The fourth-order valence-electron chi connectivity index (χ4n) is 3.19. The largest absolute Gasteiger partial charge is 0.452 e. The number of esters is 1. The summed E-state index contributed by atoms with van der Waals surface area (Å²) in [4.78, 5) is 47.9. The minimum absolute atomic E-state index is 0.0843. The molecule has 0 radical (unpaired) electrons. The van der Waals surface area contributed by atoms with Crippen molar-refractivity contribution < 1.29 is 23.9 Å². The molecule has 0 atom stereocenters. The van der Waals surface area contributed by atoms with E-state index in [1.807, 2.05) is 42.8 Å². The lowest BCUT2D eigenvalue weighted by atomic mass is 10.1. The first-order chi connectivity index (χ1) is 15.8. The lowest BCUT2D eigenvalue weighted by Crippen LogP contribution is -2.38. The highest BCUT2D eigenvalue weighted by atomic mass is 35.5. The second-order valence-corrected chi connectivity index (χ2v) is 8.56. The van der Waals surface area contributed by atoms with E-state index in [4.69, 9.17) is 16.3 Å². The van der Waals surface area contributed by atoms with Crippen molar-refractivity contribution in [2.45, 2.75) is 20.4 Å². The summed E-state index contributed by atoms with van der Waals surface area (Å²) in [6.07, 6.45) is 2.84.